The summed E-state index contributed by atoms with van der Waals surface area (Å²) in [6.45, 7) is 16.9. The van der Waals surface area contributed by atoms with Crippen LogP contribution in [-0.4, -0.2) is 66.6 Å². The van der Waals surface area contributed by atoms with Crippen LogP contribution in [0.15, 0.2) is 43.6 Å². The van der Waals surface area contributed by atoms with Crippen LogP contribution < -0.4 is 10.1 Å². The number of nitrogens with one attached hydrogen (secondary N) is 1. The summed E-state index contributed by atoms with van der Waals surface area (Å²) in [5, 5.41) is 9.01. The lowest BCUT2D eigenvalue weighted by molar-refractivity contribution is -0.0298. The molecule has 1 N–H and O–H groups in total. The van der Waals surface area contributed by atoms with Gasteiger partial charge in [-0.05, 0) is 84.9 Å². The van der Waals surface area contributed by atoms with Gasteiger partial charge in [0.05, 0.1) is 31.7 Å². The van der Waals surface area contributed by atoms with Crippen molar-refractivity contribution >= 4 is 28.6 Å². The van der Waals surface area contributed by atoms with Crippen LogP contribution in [0.3, 0.4) is 0 Å². The number of ether oxygens (including phenoxy) is 3. The number of imidazole rings is 1. The fourth-order valence-electron chi connectivity index (χ4n) is 6.49. The van der Waals surface area contributed by atoms with E-state index in [0.29, 0.717) is 16.4 Å². The quantitative estimate of drug-likeness (QED) is 0.185. The average Bonchev–Trinajstić information content (AvgIpc) is 3.70. The van der Waals surface area contributed by atoms with Crippen LogP contribution in [0.2, 0.25) is 5.02 Å². The van der Waals surface area contributed by atoms with Gasteiger partial charge in [0.15, 0.2) is 22.9 Å². The van der Waals surface area contributed by atoms with E-state index in [0.717, 1.165) is 91.3 Å². The van der Waals surface area contributed by atoms with E-state index in [2.05, 4.69) is 49.5 Å². The zero-order valence-electron chi connectivity index (χ0n) is 27.7. The summed E-state index contributed by atoms with van der Waals surface area (Å²) in [6.07, 6.45) is 12.3. The Balaban J connectivity index is 1.23. The first-order valence-electron chi connectivity index (χ1n) is 16.1. The maximum atomic E-state index is 6.88. The maximum absolute atomic E-state index is 6.88. The second-order valence-electron chi connectivity index (χ2n) is 13.2. The van der Waals surface area contributed by atoms with Gasteiger partial charge >= 0.3 is 0 Å². The van der Waals surface area contributed by atoms with E-state index in [-0.39, 0.29) is 23.9 Å². The Bertz CT molecular complexity index is 1700. The largest absolute Gasteiger partial charge is 0.496 e. The van der Waals surface area contributed by atoms with Crippen LogP contribution in [0, 0.1) is 6.92 Å². The molecule has 1 aromatic carbocycles. The highest BCUT2D eigenvalue weighted by Gasteiger charge is 2.27. The summed E-state index contributed by atoms with van der Waals surface area (Å²) in [5.41, 5.74) is 4.92. The summed E-state index contributed by atoms with van der Waals surface area (Å²) in [4.78, 5) is 16.0. The van der Waals surface area contributed by atoms with Crippen LogP contribution in [0.25, 0.3) is 22.3 Å². The summed E-state index contributed by atoms with van der Waals surface area (Å²) >= 11 is 6.88. The molecular weight excluding hydrogens is 604 g/mol. The third-order valence-electron chi connectivity index (χ3n) is 8.86. The lowest BCUT2D eigenvalue weighted by atomic mass is 9.95. The van der Waals surface area contributed by atoms with Crippen LogP contribution in [0.1, 0.15) is 89.2 Å². The van der Waals surface area contributed by atoms with Gasteiger partial charge in [-0.3, -0.25) is 9.25 Å². The first kappa shape index (κ1) is 32.1. The molecule has 2 unspecified atom stereocenters. The van der Waals surface area contributed by atoms with Gasteiger partial charge in [0.1, 0.15) is 23.9 Å². The highest BCUT2D eigenvalue weighted by molar-refractivity contribution is 6.32. The molecule has 2 saturated heterocycles. The van der Waals surface area contributed by atoms with Crippen LogP contribution in [0.4, 0.5) is 5.82 Å². The Labute approximate surface area is 275 Å². The molecule has 0 spiro atoms. The summed E-state index contributed by atoms with van der Waals surface area (Å²) in [5.74, 6) is 2.12. The SMILES string of the molecule is C=C(OC(C)(C)C)N1CCC(n2cc(-c3c(C)c(Cl)cc(C(C)Nc4ncnc5c4ncn5C4CCCCO4)c3OC)cn2)CC1. The number of likely N-dealkylation sites (tertiary alicyclic amines) is 1. The first-order valence-corrected chi connectivity index (χ1v) is 16.5. The molecule has 2 aliphatic rings. The molecule has 3 aromatic heterocycles. The standard InChI is InChI=1S/C34H45ClN8O3/c1-21-27(35)16-26(22(2)40-32-30-33(37-19-36-32)42(20-38-30)28-10-8-9-15-45-28)31(44-7)29(21)24-17-39-43(18-24)25-11-13-41(14-12-25)23(3)46-34(4,5)6/h16-20,22,25,28H,3,8-15H2,1-2,4-7H3,(H,36,37,40). The monoisotopic (exact) mass is 648 g/mol. The molecule has 0 amide bonds. The van der Waals surface area contributed by atoms with E-state index in [1.54, 1.807) is 19.8 Å². The van der Waals surface area contributed by atoms with E-state index in [1.807, 2.05) is 44.5 Å². The number of halogens is 1. The minimum atomic E-state index is -0.265. The first-order chi connectivity index (χ1) is 22.0. The molecule has 5 heterocycles. The van der Waals surface area contributed by atoms with Crippen molar-refractivity contribution in [2.75, 3.05) is 32.1 Å². The number of anilines is 1. The number of aromatic nitrogens is 6. The lowest BCUT2D eigenvalue weighted by Crippen LogP contribution is -2.36. The van der Waals surface area contributed by atoms with Crippen molar-refractivity contribution in [2.24, 2.45) is 0 Å². The highest BCUT2D eigenvalue weighted by atomic mass is 35.5. The maximum Gasteiger partial charge on any atom is 0.182 e. The fourth-order valence-corrected chi connectivity index (χ4v) is 6.70. The molecule has 2 aliphatic heterocycles. The van der Waals surface area contributed by atoms with E-state index < -0.39 is 0 Å². The summed E-state index contributed by atoms with van der Waals surface area (Å²) < 4.78 is 22.2. The number of benzene rings is 1. The van der Waals surface area contributed by atoms with E-state index >= 15 is 0 Å². The number of hydrogen-bond acceptors (Lipinski definition) is 9. The molecule has 4 aromatic rings. The molecule has 11 nitrogen and oxygen atoms in total. The van der Waals surface area contributed by atoms with Gasteiger partial charge in [-0.2, -0.15) is 5.10 Å². The average molecular weight is 649 g/mol. The number of nitrogens with zero attached hydrogens (tertiary/aromatic N) is 7. The molecular formula is C34H45ClN8O3. The van der Waals surface area contributed by atoms with Gasteiger partial charge in [-0.15, -0.1) is 0 Å². The van der Waals surface area contributed by atoms with Crippen LogP contribution >= 0.6 is 11.6 Å². The molecule has 6 rings (SSSR count). The second-order valence-corrected chi connectivity index (χ2v) is 13.7. The Morgan fingerprint density at radius 2 is 1.93 bits per heavy atom. The molecule has 246 valence electrons. The molecule has 0 radical (unpaired) electrons. The highest BCUT2D eigenvalue weighted by Crippen LogP contribution is 2.43. The van der Waals surface area contributed by atoms with Crippen molar-refractivity contribution in [1.29, 1.82) is 0 Å². The predicted molar refractivity (Wildman–Crippen MR) is 180 cm³/mol. The molecule has 12 heteroatoms. The number of methoxy groups -OCH3 is 1. The lowest BCUT2D eigenvalue weighted by Gasteiger charge is -2.36. The van der Waals surface area contributed by atoms with Crippen molar-refractivity contribution < 1.29 is 14.2 Å². The molecule has 46 heavy (non-hydrogen) atoms. The zero-order valence-corrected chi connectivity index (χ0v) is 28.5. The Morgan fingerprint density at radius 3 is 2.63 bits per heavy atom. The molecule has 2 atom stereocenters. The second kappa shape index (κ2) is 13.1. The minimum Gasteiger partial charge on any atom is -0.496 e. The smallest absolute Gasteiger partial charge is 0.182 e. The van der Waals surface area contributed by atoms with E-state index in [9.17, 15) is 0 Å². The zero-order chi connectivity index (χ0) is 32.6. The van der Waals surface area contributed by atoms with E-state index in [1.165, 1.54) is 0 Å². The number of piperidine rings is 1. The number of rotatable bonds is 9. The van der Waals surface area contributed by atoms with Crippen LogP contribution in [0.5, 0.6) is 5.75 Å². The summed E-state index contributed by atoms with van der Waals surface area (Å²) in [7, 11) is 1.70. The predicted octanol–water partition coefficient (Wildman–Crippen LogP) is 7.46. The molecule has 0 aliphatic carbocycles. The molecule has 2 fully saturated rings. The Kier molecular flexibility index (Phi) is 9.16. The van der Waals surface area contributed by atoms with Crippen molar-refractivity contribution in [3.05, 3.63) is 59.7 Å². The van der Waals surface area contributed by atoms with Crippen molar-refractivity contribution in [1.82, 2.24) is 34.2 Å². The topological polar surface area (TPSA) is 104 Å². The fraction of sp³-hybridized carbons (Fsp3) is 0.529. The van der Waals surface area contributed by atoms with Crippen LogP contribution in [-0.2, 0) is 9.47 Å². The Morgan fingerprint density at radius 1 is 1.15 bits per heavy atom. The third-order valence-corrected chi connectivity index (χ3v) is 9.25. The minimum absolute atomic E-state index is 0.0621. The van der Waals surface area contributed by atoms with Gasteiger partial charge in [-0.25, -0.2) is 15.0 Å². The summed E-state index contributed by atoms with van der Waals surface area (Å²) in [6, 6.07) is 2.04. The van der Waals surface area contributed by atoms with Gasteiger partial charge in [0.2, 0.25) is 0 Å². The number of hydrogen-bond donors (Lipinski definition) is 1. The van der Waals surface area contributed by atoms with Gasteiger partial charge in [-0.1, -0.05) is 11.6 Å². The van der Waals surface area contributed by atoms with Crippen molar-refractivity contribution in [3.8, 4) is 16.9 Å². The van der Waals surface area contributed by atoms with Gasteiger partial charge < -0.3 is 24.4 Å². The Hall–Kier alpha value is -3.83. The molecule has 0 saturated carbocycles. The van der Waals surface area contributed by atoms with Gasteiger partial charge in [0, 0.05) is 47.6 Å². The molecule has 0 bridgehead atoms. The van der Waals surface area contributed by atoms with Gasteiger partial charge in [0.25, 0.3) is 0 Å². The van der Waals surface area contributed by atoms with Crippen molar-refractivity contribution in [3.63, 3.8) is 0 Å². The van der Waals surface area contributed by atoms with E-state index in [4.69, 9.17) is 30.9 Å². The number of fused-ring (bicyclic) bond motifs is 1. The third kappa shape index (κ3) is 6.53. The van der Waals surface area contributed by atoms with Crippen molar-refractivity contribution in [2.45, 2.75) is 90.6 Å². The normalized spacial score (nSPS) is 18.5.